The molecule has 108 valence electrons. The van der Waals surface area contributed by atoms with Crippen LogP contribution < -0.4 is 0 Å². The van der Waals surface area contributed by atoms with E-state index in [0.29, 0.717) is 26.2 Å². The second kappa shape index (κ2) is 7.78. The molecule has 0 spiro atoms. The SMILES string of the molecule is C=CCCCN(C)C(=O)N1CCOC(CC(=O)O)C1. The van der Waals surface area contributed by atoms with E-state index in [1.807, 2.05) is 6.08 Å². The van der Waals surface area contributed by atoms with Crippen LogP contribution in [0.4, 0.5) is 4.79 Å². The predicted octanol–water partition coefficient (Wildman–Crippen LogP) is 1.18. The number of nitrogens with zero attached hydrogens (tertiary/aromatic N) is 2. The number of ether oxygens (including phenoxy) is 1. The van der Waals surface area contributed by atoms with Crippen molar-refractivity contribution in [3.05, 3.63) is 12.7 Å². The molecule has 1 N–H and O–H groups in total. The van der Waals surface area contributed by atoms with Crippen LogP contribution in [0.1, 0.15) is 19.3 Å². The van der Waals surface area contributed by atoms with Crippen LogP contribution >= 0.6 is 0 Å². The number of hydrogen-bond acceptors (Lipinski definition) is 3. The van der Waals surface area contributed by atoms with E-state index in [1.165, 1.54) is 0 Å². The highest BCUT2D eigenvalue weighted by molar-refractivity contribution is 5.74. The van der Waals surface area contributed by atoms with E-state index in [4.69, 9.17) is 9.84 Å². The van der Waals surface area contributed by atoms with Crippen molar-refractivity contribution in [1.29, 1.82) is 0 Å². The number of amides is 2. The zero-order valence-electron chi connectivity index (χ0n) is 11.4. The molecule has 6 nitrogen and oxygen atoms in total. The number of morpholine rings is 1. The Morgan fingerprint density at radius 1 is 1.58 bits per heavy atom. The molecule has 0 aromatic carbocycles. The number of unbranched alkanes of at least 4 members (excludes halogenated alkanes) is 1. The highest BCUT2D eigenvalue weighted by Crippen LogP contribution is 2.11. The van der Waals surface area contributed by atoms with Crippen molar-refractivity contribution in [2.75, 3.05) is 33.3 Å². The first-order chi connectivity index (χ1) is 9.04. The van der Waals surface area contributed by atoms with Crippen molar-refractivity contribution in [2.45, 2.75) is 25.4 Å². The lowest BCUT2D eigenvalue weighted by molar-refractivity contribution is -0.141. The van der Waals surface area contributed by atoms with E-state index in [-0.39, 0.29) is 12.5 Å². The molecule has 0 saturated carbocycles. The van der Waals surface area contributed by atoms with Crippen LogP contribution in [0.3, 0.4) is 0 Å². The molecular formula is C13H22N2O4. The summed E-state index contributed by atoms with van der Waals surface area (Å²) < 4.78 is 5.34. The molecule has 0 bridgehead atoms. The van der Waals surface area contributed by atoms with E-state index in [9.17, 15) is 9.59 Å². The molecule has 19 heavy (non-hydrogen) atoms. The molecule has 2 amide bonds. The van der Waals surface area contributed by atoms with E-state index < -0.39 is 12.1 Å². The van der Waals surface area contributed by atoms with Crippen LogP contribution in [0.2, 0.25) is 0 Å². The molecule has 1 aliphatic heterocycles. The van der Waals surface area contributed by atoms with Crippen molar-refractivity contribution in [3.8, 4) is 0 Å². The van der Waals surface area contributed by atoms with Gasteiger partial charge in [-0.1, -0.05) is 6.08 Å². The Bertz CT molecular complexity index is 333. The lowest BCUT2D eigenvalue weighted by Gasteiger charge is -2.34. The van der Waals surface area contributed by atoms with Crippen molar-refractivity contribution in [1.82, 2.24) is 9.80 Å². The quantitative estimate of drug-likeness (QED) is 0.581. The fourth-order valence-corrected chi connectivity index (χ4v) is 2.02. The second-order valence-corrected chi connectivity index (χ2v) is 4.67. The molecule has 1 unspecified atom stereocenters. The van der Waals surface area contributed by atoms with Crippen LogP contribution in [-0.2, 0) is 9.53 Å². The number of hydrogen-bond donors (Lipinski definition) is 1. The number of carboxylic acid groups (broad SMARTS) is 1. The van der Waals surface area contributed by atoms with E-state index in [1.54, 1.807) is 16.8 Å². The number of carbonyl (C=O) groups excluding carboxylic acids is 1. The molecule has 6 heteroatoms. The number of carbonyl (C=O) groups is 2. The molecule has 0 aliphatic carbocycles. The Morgan fingerprint density at radius 3 is 2.95 bits per heavy atom. The van der Waals surface area contributed by atoms with Crippen LogP contribution in [0.25, 0.3) is 0 Å². The molecule has 1 heterocycles. The zero-order valence-corrected chi connectivity index (χ0v) is 11.4. The minimum absolute atomic E-state index is 0.0655. The first kappa shape index (κ1) is 15.5. The van der Waals surface area contributed by atoms with Crippen LogP contribution in [0.15, 0.2) is 12.7 Å². The van der Waals surface area contributed by atoms with Gasteiger partial charge in [0.2, 0.25) is 0 Å². The van der Waals surface area contributed by atoms with Gasteiger partial charge in [-0.2, -0.15) is 0 Å². The van der Waals surface area contributed by atoms with E-state index in [0.717, 1.165) is 12.8 Å². The molecule has 0 radical (unpaired) electrons. The Morgan fingerprint density at radius 2 is 2.32 bits per heavy atom. The number of aliphatic carboxylic acids is 1. The summed E-state index contributed by atoms with van der Waals surface area (Å²) in [6.45, 7) is 5.57. The third kappa shape index (κ3) is 5.30. The van der Waals surface area contributed by atoms with Gasteiger partial charge in [-0.25, -0.2) is 4.79 Å². The lowest BCUT2D eigenvalue weighted by Crippen LogP contribution is -2.50. The van der Waals surface area contributed by atoms with Gasteiger partial charge in [-0.05, 0) is 12.8 Å². The fraction of sp³-hybridized carbons (Fsp3) is 0.692. The maximum absolute atomic E-state index is 12.1. The second-order valence-electron chi connectivity index (χ2n) is 4.67. The molecule has 1 fully saturated rings. The summed E-state index contributed by atoms with van der Waals surface area (Å²) in [7, 11) is 1.76. The largest absolute Gasteiger partial charge is 0.481 e. The van der Waals surface area contributed by atoms with Gasteiger partial charge in [0.25, 0.3) is 0 Å². The molecule has 0 aromatic heterocycles. The summed E-state index contributed by atoms with van der Waals surface area (Å²) in [6.07, 6.45) is 3.12. The molecule has 1 atom stereocenters. The minimum Gasteiger partial charge on any atom is -0.481 e. The normalized spacial score (nSPS) is 19.0. The first-order valence-electron chi connectivity index (χ1n) is 6.49. The summed E-state index contributed by atoms with van der Waals surface area (Å²) in [5, 5.41) is 8.74. The molecule has 1 aliphatic rings. The summed E-state index contributed by atoms with van der Waals surface area (Å²) in [4.78, 5) is 26.1. The third-order valence-corrected chi connectivity index (χ3v) is 3.04. The van der Waals surface area contributed by atoms with Crippen LogP contribution in [0.5, 0.6) is 0 Å². The molecule has 1 saturated heterocycles. The van der Waals surface area contributed by atoms with Crippen molar-refractivity contribution in [2.24, 2.45) is 0 Å². The van der Waals surface area contributed by atoms with Gasteiger partial charge in [0.05, 0.1) is 19.1 Å². The zero-order chi connectivity index (χ0) is 14.3. The smallest absolute Gasteiger partial charge is 0.319 e. The standard InChI is InChI=1S/C13H22N2O4/c1-3-4-5-6-14(2)13(18)15-7-8-19-11(10-15)9-12(16)17/h3,11H,1,4-10H2,2H3,(H,16,17). The number of rotatable bonds is 6. The average molecular weight is 270 g/mol. The van der Waals surface area contributed by atoms with Gasteiger partial charge < -0.3 is 19.6 Å². The monoisotopic (exact) mass is 270 g/mol. The Kier molecular flexibility index (Phi) is 6.35. The molecule has 1 rings (SSSR count). The van der Waals surface area contributed by atoms with Gasteiger partial charge >= 0.3 is 12.0 Å². The average Bonchev–Trinajstić information content (AvgIpc) is 2.37. The van der Waals surface area contributed by atoms with Crippen LogP contribution in [-0.4, -0.2) is 66.3 Å². The maximum Gasteiger partial charge on any atom is 0.319 e. The van der Waals surface area contributed by atoms with Gasteiger partial charge in [0.1, 0.15) is 0 Å². The number of urea groups is 1. The topological polar surface area (TPSA) is 70.1 Å². The summed E-state index contributed by atoms with van der Waals surface area (Å²) in [5.41, 5.74) is 0. The Hall–Kier alpha value is -1.56. The van der Waals surface area contributed by atoms with Gasteiger partial charge in [-0.3, -0.25) is 4.79 Å². The molecule has 0 aromatic rings. The van der Waals surface area contributed by atoms with Crippen molar-refractivity contribution >= 4 is 12.0 Å². The summed E-state index contributed by atoms with van der Waals surface area (Å²) in [5.74, 6) is -0.904. The van der Waals surface area contributed by atoms with E-state index in [2.05, 4.69) is 6.58 Å². The van der Waals surface area contributed by atoms with Crippen LogP contribution in [0, 0.1) is 0 Å². The minimum atomic E-state index is -0.904. The van der Waals surface area contributed by atoms with Gasteiger partial charge in [0, 0.05) is 26.7 Å². The van der Waals surface area contributed by atoms with Gasteiger partial charge in [0.15, 0.2) is 0 Å². The van der Waals surface area contributed by atoms with Gasteiger partial charge in [-0.15, -0.1) is 6.58 Å². The Labute approximate surface area is 113 Å². The maximum atomic E-state index is 12.1. The number of allylic oxidation sites excluding steroid dienone is 1. The van der Waals surface area contributed by atoms with Crippen molar-refractivity contribution in [3.63, 3.8) is 0 Å². The summed E-state index contributed by atoms with van der Waals surface area (Å²) in [6, 6.07) is -0.0669. The highest BCUT2D eigenvalue weighted by atomic mass is 16.5. The third-order valence-electron chi connectivity index (χ3n) is 3.04. The highest BCUT2D eigenvalue weighted by Gasteiger charge is 2.27. The van der Waals surface area contributed by atoms with E-state index >= 15 is 0 Å². The Balaban J connectivity index is 2.42. The number of carboxylic acids is 1. The van der Waals surface area contributed by atoms with Crippen molar-refractivity contribution < 1.29 is 19.4 Å². The lowest BCUT2D eigenvalue weighted by atomic mass is 10.2. The summed E-state index contributed by atoms with van der Waals surface area (Å²) >= 11 is 0. The molecular weight excluding hydrogens is 248 g/mol. The predicted molar refractivity (Wildman–Crippen MR) is 71.0 cm³/mol. The fourth-order valence-electron chi connectivity index (χ4n) is 2.02. The first-order valence-corrected chi connectivity index (χ1v) is 6.49.